The van der Waals surface area contributed by atoms with Crippen LogP contribution in [0.1, 0.15) is 5.56 Å². The third-order valence-corrected chi connectivity index (χ3v) is 3.55. The predicted octanol–water partition coefficient (Wildman–Crippen LogP) is 0.825. The Morgan fingerprint density at radius 2 is 2.09 bits per heavy atom. The third-order valence-electron chi connectivity index (χ3n) is 3.31. The summed E-state index contributed by atoms with van der Waals surface area (Å²) in [6.07, 6.45) is 1.72. The van der Waals surface area contributed by atoms with Crippen molar-refractivity contribution in [3.8, 4) is 5.75 Å². The zero-order valence-corrected chi connectivity index (χ0v) is 13.6. The summed E-state index contributed by atoms with van der Waals surface area (Å²) in [5, 5.41) is 7.77. The van der Waals surface area contributed by atoms with Gasteiger partial charge in [0.1, 0.15) is 5.75 Å². The minimum absolute atomic E-state index is 0.526. The van der Waals surface area contributed by atoms with Gasteiger partial charge in [-0.15, -0.1) is 0 Å². The molecule has 2 rings (SSSR count). The summed E-state index contributed by atoms with van der Waals surface area (Å²) in [4.78, 5) is 2.35. The first kappa shape index (κ1) is 16.7. The Morgan fingerprint density at radius 1 is 1.36 bits per heavy atom. The highest BCUT2D eigenvalue weighted by Crippen LogP contribution is 2.09. The molecule has 0 radical (unpaired) electrons. The van der Waals surface area contributed by atoms with Crippen molar-refractivity contribution in [1.82, 2.24) is 15.6 Å². The second-order valence-electron chi connectivity index (χ2n) is 4.85. The largest absolute Gasteiger partial charge is 0.497 e. The molecule has 2 N–H and O–H groups in total. The van der Waals surface area contributed by atoms with Crippen LogP contribution in [0.25, 0.3) is 0 Å². The summed E-state index contributed by atoms with van der Waals surface area (Å²) >= 11 is 5.18. The molecule has 1 fully saturated rings. The molecule has 7 heteroatoms. The number of rotatable bonds is 6. The van der Waals surface area contributed by atoms with Crippen LogP contribution in [0.3, 0.4) is 0 Å². The second-order valence-corrected chi connectivity index (χ2v) is 5.26. The number of thiocarbonyl (C=S) groups is 1. The monoisotopic (exact) mass is 322 g/mol. The van der Waals surface area contributed by atoms with Gasteiger partial charge >= 0.3 is 0 Å². The third kappa shape index (κ3) is 5.97. The molecule has 1 heterocycles. The van der Waals surface area contributed by atoms with Crippen LogP contribution >= 0.6 is 12.2 Å². The number of hydrazone groups is 1. The molecule has 6 nitrogen and oxygen atoms in total. The van der Waals surface area contributed by atoms with Crippen molar-refractivity contribution in [2.75, 3.05) is 46.5 Å². The zero-order valence-electron chi connectivity index (χ0n) is 12.7. The average Bonchev–Trinajstić information content (AvgIpc) is 2.56. The van der Waals surface area contributed by atoms with Gasteiger partial charge in [0.2, 0.25) is 0 Å². The molecule has 0 amide bonds. The lowest BCUT2D eigenvalue weighted by molar-refractivity contribution is 0.0389. The van der Waals surface area contributed by atoms with E-state index >= 15 is 0 Å². The molecule has 1 saturated heterocycles. The van der Waals surface area contributed by atoms with E-state index < -0.39 is 0 Å². The number of nitrogens with one attached hydrogen (secondary N) is 2. The minimum atomic E-state index is 0.526. The Labute approximate surface area is 136 Å². The van der Waals surface area contributed by atoms with Crippen LogP contribution in [-0.4, -0.2) is 62.7 Å². The van der Waals surface area contributed by atoms with Crippen LogP contribution in [0.15, 0.2) is 29.4 Å². The molecule has 0 unspecified atom stereocenters. The number of morpholine rings is 1. The molecular weight excluding hydrogens is 300 g/mol. The van der Waals surface area contributed by atoms with Gasteiger partial charge in [0, 0.05) is 26.2 Å². The molecule has 0 saturated carbocycles. The molecule has 1 aromatic carbocycles. The van der Waals surface area contributed by atoms with Crippen LogP contribution in [0.5, 0.6) is 5.75 Å². The summed E-state index contributed by atoms with van der Waals surface area (Å²) in [5.41, 5.74) is 3.79. The summed E-state index contributed by atoms with van der Waals surface area (Å²) in [6.45, 7) is 5.34. The van der Waals surface area contributed by atoms with Crippen LogP contribution in [0.2, 0.25) is 0 Å². The van der Waals surface area contributed by atoms with Crippen molar-refractivity contribution in [3.63, 3.8) is 0 Å². The predicted molar refractivity (Wildman–Crippen MR) is 91.6 cm³/mol. The zero-order chi connectivity index (χ0) is 15.6. The van der Waals surface area contributed by atoms with Crippen molar-refractivity contribution < 1.29 is 9.47 Å². The van der Waals surface area contributed by atoms with E-state index in [9.17, 15) is 0 Å². The van der Waals surface area contributed by atoms with Crippen LogP contribution < -0.4 is 15.5 Å². The first-order valence-electron chi connectivity index (χ1n) is 7.29. The summed E-state index contributed by atoms with van der Waals surface area (Å²) in [7, 11) is 1.64. The smallest absolute Gasteiger partial charge is 0.187 e. The van der Waals surface area contributed by atoms with Crippen LogP contribution in [0.4, 0.5) is 0 Å². The Bertz CT molecular complexity index is 487. The Hall–Kier alpha value is -1.70. The van der Waals surface area contributed by atoms with E-state index in [0.29, 0.717) is 5.11 Å². The van der Waals surface area contributed by atoms with Gasteiger partial charge in [-0.3, -0.25) is 10.3 Å². The number of methoxy groups -OCH3 is 1. The summed E-state index contributed by atoms with van der Waals surface area (Å²) < 4.78 is 10.4. The van der Waals surface area contributed by atoms with Gasteiger partial charge in [0.15, 0.2) is 5.11 Å². The number of hydrogen-bond acceptors (Lipinski definition) is 5. The normalized spacial score (nSPS) is 15.7. The molecule has 1 aliphatic rings. The first-order chi connectivity index (χ1) is 10.8. The van der Waals surface area contributed by atoms with E-state index in [1.807, 2.05) is 24.3 Å². The summed E-state index contributed by atoms with van der Waals surface area (Å²) in [6, 6.07) is 7.64. The molecular formula is C15H22N4O2S. The fourth-order valence-corrected chi connectivity index (χ4v) is 2.20. The first-order valence-corrected chi connectivity index (χ1v) is 7.70. The maximum Gasteiger partial charge on any atom is 0.187 e. The van der Waals surface area contributed by atoms with Crippen molar-refractivity contribution in [3.05, 3.63) is 29.8 Å². The highest BCUT2D eigenvalue weighted by atomic mass is 32.1. The van der Waals surface area contributed by atoms with Gasteiger partial charge in [-0.05, 0) is 42.0 Å². The molecule has 0 spiro atoms. The van der Waals surface area contributed by atoms with E-state index in [2.05, 4.69) is 20.7 Å². The van der Waals surface area contributed by atoms with Crippen molar-refractivity contribution in [2.24, 2.45) is 5.10 Å². The van der Waals surface area contributed by atoms with E-state index in [1.165, 1.54) is 0 Å². The Kier molecular flexibility index (Phi) is 7.08. The number of nitrogens with zero attached hydrogens (tertiary/aromatic N) is 2. The lowest BCUT2D eigenvalue weighted by atomic mass is 10.2. The maximum absolute atomic E-state index is 5.31. The molecule has 0 atom stereocenters. The van der Waals surface area contributed by atoms with Gasteiger partial charge in [0.05, 0.1) is 26.5 Å². The maximum atomic E-state index is 5.31. The average molecular weight is 322 g/mol. The van der Waals surface area contributed by atoms with E-state index in [-0.39, 0.29) is 0 Å². The fourth-order valence-electron chi connectivity index (χ4n) is 2.05. The second kappa shape index (κ2) is 9.34. The highest BCUT2D eigenvalue weighted by molar-refractivity contribution is 7.80. The minimum Gasteiger partial charge on any atom is -0.497 e. The highest BCUT2D eigenvalue weighted by Gasteiger charge is 2.09. The summed E-state index contributed by atoms with van der Waals surface area (Å²) in [5.74, 6) is 0.824. The van der Waals surface area contributed by atoms with Gasteiger partial charge in [0.25, 0.3) is 0 Å². The fraction of sp³-hybridized carbons (Fsp3) is 0.467. The SMILES string of the molecule is COc1ccc(/C=N/NC(=S)NCCN2CCOCC2)cc1. The van der Waals surface area contributed by atoms with E-state index in [4.69, 9.17) is 21.7 Å². The topological polar surface area (TPSA) is 58.1 Å². The molecule has 22 heavy (non-hydrogen) atoms. The van der Waals surface area contributed by atoms with Gasteiger partial charge < -0.3 is 14.8 Å². The molecule has 1 aliphatic heterocycles. The van der Waals surface area contributed by atoms with Crippen molar-refractivity contribution >= 4 is 23.5 Å². The number of benzene rings is 1. The quantitative estimate of drug-likeness (QED) is 0.460. The Morgan fingerprint density at radius 3 is 2.77 bits per heavy atom. The lowest BCUT2D eigenvalue weighted by Gasteiger charge is -2.26. The van der Waals surface area contributed by atoms with Gasteiger partial charge in [-0.25, -0.2) is 0 Å². The lowest BCUT2D eigenvalue weighted by Crippen LogP contribution is -2.42. The Balaban J connectivity index is 1.62. The van der Waals surface area contributed by atoms with Crippen LogP contribution in [-0.2, 0) is 4.74 Å². The molecule has 0 bridgehead atoms. The molecule has 0 aromatic heterocycles. The van der Waals surface area contributed by atoms with E-state index in [0.717, 1.165) is 50.7 Å². The van der Waals surface area contributed by atoms with Crippen molar-refractivity contribution in [1.29, 1.82) is 0 Å². The molecule has 120 valence electrons. The standard InChI is InChI=1S/C15H22N4O2S/c1-20-14-4-2-13(3-5-14)12-17-18-15(22)16-6-7-19-8-10-21-11-9-19/h2-5,12H,6-11H2,1H3,(H2,16,18,22)/b17-12+. The van der Waals surface area contributed by atoms with E-state index in [1.54, 1.807) is 13.3 Å². The van der Waals surface area contributed by atoms with Gasteiger partial charge in [-0.2, -0.15) is 5.10 Å². The van der Waals surface area contributed by atoms with Crippen LogP contribution in [0, 0.1) is 0 Å². The van der Waals surface area contributed by atoms with Gasteiger partial charge in [-0.1, -0.05) is 0 Å². The number of ether oxygens (including phenoxy) is 2. The molecule has 0 aliphatic carbocycles. The van der Waals surface area contributed by atoms with Crippen molar-refractivity contribution in [2.45, 2.75) is 0 Å². The number of hydrogen-bond donors (Lipinski definition) is 2. The molecule has 1 aromatic rings.